The summed E-state index contributed by atoms with van der Waals surface area (Å²) in [6, 6.07) is 6.37. The van der Waals surface area contributed by atoms with Gasteiger partial charge in [-0.15, -0.1) is 10.2 Å². The Morgan fingerprint density at radius 3 is 2.37 bits per heavy atom. The Morgan fingerprint density at radius 1 is 1.04 bits per heavy atom. The zero-order valence-electron chi connectivity index (χ0n) is 14.0. The van der Waals surface area contributed by atoms with Gasteiger partial charge in [0.2, 0.25) is 15.9 Å². The predicted octanol–water partition coefficient (Wildman–Crippen LogP) is 3.18. The molecule has 4 rings (SSSR count). The molecule has 1 fully saturated rings. The van der Waals surface area contributed by atoms with Crippen LogP contribution in [0.25, 0.3) is 11.7 Å². The number of piperidine rings is 1. The van der Waals surface area contributed by atoms with Gasteiger partial charge in [0.05, 0.1) is 6.26 Å². The van der Waals surface area contributed by atoms with E-state index in [1.54, 1.807) is 12.1 Å². The zero-order valence-corrected chi connectivity index (χ0v) is 14.8. The normalized spacial score (nSPS) is 16.7. The summed E-state index contributed by atoms with van der Waals surface area (Å²) in [7, 11) is -4.26. The topological polar surface area (TPSA) is 89.4 Å². The molecule has 0 unspecified atom stereocenters. The lowest BCUT2D eigenvalue weighted by molar-refractivity contribution is 0.289. The Hall–Kier alpha value is -2.59. The molecule has 1 aliphatic heterocycles. The van der Waals surface area contributed by atoms with E-state index in [1.807, 2.05) is 0 Å². The second-order valence-electron chi connectivity index (χ2n) is 6.15. The van der Waals surface area contributed by atoms with Gasteiger partial charge in [0, 0.05) is 19.0 Å². The van der Waals surface area contributed by atoms with Crippen LogP contribution in [-0.2, 0) is 10.0 Å². The van der Waals surface area contributed by atoms with Crippen molar-refractivity contribution in [2.75, 3.05) is 13.1 Å². The summed E-state index contributed by atoms with van der Waals surface area (Å²) in [5, 5.41) is 7.94. The first kappa shape index (κ1) is 17.8. The molecule has 0 spiro atoms. The molecular weight excluding hydrogens is 380 g/mol. The van der Waals surface area contributed by atoms with Gasteiger partial charge in [-0.1, -0.05) is 6.07 Å². The Labute approximate surface area is 153 Å². The molecule has 0 radical (unpaired) electrons. The van der Waals surface area contributed by atoms with Crippen LogP contribution in [0.1, 0.15) is 24.7 Å². The number of rotatable bonds is 4. The average molecular weight is 395 g/mol. The zero-order chi connectivity index (χ0) is 19.0. The highest BCUT2D eigenvalue weighted by Gasteiger charge is 2.35. The van der Waals surface area contributed by atoms with Crippen LogP contribution in [0.5, 0.6) is 0 Å². The first-order valence-electron chi connectivity index (χ1n) is 8.28. The van der Waals surface area contributed by atoms with Crippen LogP contribution in [0, 0.1) is 11.6 Å². The second kappa shape index (κ2) is 6.86. The van der Waals surface area contributed by atoms with Gasteiger partial charge in [-0.25, -0.2) is 17.2 Å². The fourth-order valence-electron chi connectivity index (χ4n) is 3.10. The van der Waals surface area contributed by atoms with Crippen LogP contribution < -0.4 is 0 Å². The van der Waals surface area contributed by atoms with E-state index in [0.717, 1.165) is 22.5 Å². The van der Waals surface area contributed by atoms with Crippen molar-refractivity contribution in [1.29, 1.82) is 0 Å². The summed E-state index contributed by atoms with van der Waals surface area (Å²) in [5.74, 6) is -1.26. The maximum Gasteiger partial charge on any atom is 0.283 e. The van der Waals surface area contributed by atoms with Crippen molar-refractivity contribution >= 4 is 10.0 Å². The third-order valence-corrected chi connectivity index (χ3v) is 6.44. The molecule has 0 N–H and O–H groups in total. The lowest BCUT2D eigenvalue weighted by Crippen LogP contribution is -2.38. The fraction of sp³-hybridized carbons (Fsp3) is 0.294. The quantitative estimate of drug-likeness (QED) is 0.674. The highest BCUT2D eigenvalue weighted by Crippen LogP contribution is 2.32. The summed E-state index contributed by atoms with van der Waals surface area (Å²) in [5.41, 5.74) is 0. The molecule has 2 aromatic heterocycles. The molecule has 0 saturated carbocycles. The minimum Gasteiger partial charge on any atom is -0.459 e. The average Bonchev–Trinajstić information content (AvgIpc) is 3.33. The summed E-state index contributed by atoms with van der Waals surface area (Å²) in [4.78, 5) is -0.915. The summed E-state index contributed by atoms with van der Waals surface area (Å²) >= 11 is 0. The lowest BCUT2D eigenvalue weighted by Gasteiger charge is -2.29. The van der Waals surface area contributed by atoms with Gasteiger partial charge in [-0.3, -0.25) is 0 Å². The van der Waals surface area contributed by atoms with Gasteiger partial charge >= 0.3 is 0 Å². The largest absolute Gasteiger partial charge is 0.459 e. The molecule has 0 bridgehead atoms. The number of hydrogen-bond acceptors (Lipinski definition) is 6. The Bertz CT molecular complexity index is 1020. The van der Waals surface area contributed by atoms with Crippen molar-refractivity contribution in [2.24, 2.45) is 0 Å². The SMILES string of the molecule is O=S(=O)(c1c(F)cccc1F)N1CCC(c2nnc(-c3ccco3)o2)CC1. The monoisotopic (exact) mass is 395 g/mol. The number of furan rings is 1. The summed E-state index contributed by atoms with van der Waals surface area (Å²) in [6.07, 6.45) is 2.29. The van der Waals surface area contributed by atoms with Crippen LogP contribution in [0.2, 0.25) is 0 Å². The first-order chi connectivity index (χ1) is 13.0. The predicted molar refractivity (Wildman–Crippen MR) is 89.1 cm³/mol. The number of halogens is 2. The van der Waals surface area contributed by atoms with E-state index >= 15 is 0 Å². The van der Waals surface area contributed by atoms with Crippen LogP contribution in [-0.4, -0.2) is 36.0 Å². The molecule has 27 heavy (non-hydrogen) atoms. The maximum absolute atomic E-state index is 13.9. The van der Waals surface area contributed by atoms with Crippen LogP contribution in [0.15, 0.2) is 50.3 Å². The molecule has 142 valence electrons. The second-order valence-corrected chi connectivity index (χ2v) is 8.03. The number of sulfonamides is 1. The highest BCUT2D eigenvalue weighted by atomic mass is 32.2. The molecular formula is C17H15F2N3O4S. The van der Waals surface area contributed by atoms with E-state index in [2.05, 4.69) is 10.2 Å². The lowest BCUT2D eigenvalue weighted by atomic mass is 9.98. The van der Waals surface area contributed by atoms with Gasteiger partial charge in [0.15, 0.2) is 10.7 Å². The van der Waals surface area contributed by atoms with Crippen molar-refractivity contribution in [3.05, 3.63) is 54.1 Å². The number of hydrogen-bond donors (Lipinski definition) is 0. The third-order valence-electron chi connectivity index (χ3n) is 4.49. The molecule has 0 atom stereocenters. The Morgan fingerprint density at radius 2 is 1.74 bits per heavy atom. The molecule has 1 aliphatic rings. The summed E-state index contributed by atoms with van der Waals surface area (Å²) in [6.45, 7) is 0.193. The smallest absolute Gasteiger partial charge is 0.283 e. The van der Waals surface area contributed by atoms with Gasteiger partial charge in [-0.05, 0) is 37.1 Å². The highest BCUT2D eigenvalue weighted by molar-refractivity contribution is 7.89. The minimum absolute atomic E-state index is 0.0965. The van der Waals surface area contributed by atoms with Gasteiger partial charge in [0.25, 0.3) is 5.89 Å². The van der Waals surface area contributed by atoms with E-state index in [0.29, 0.717) is 24.5 Å². The van der Waals surface area contributed by atoms with Crippen molar-refractivity contribution in [3.63, 3.8) is 0 Å². The van der Waals surface area contributed by atoms with Crippen LogP contribution >= 0.6 is 0 Å². The number of aromatic nitrogens is 2. The van der Waals surface area contributed by atoms with Crippen LogP contribution in [0.4, 0.5) is 8.78 Å². The standard InChI is InChI=1S/C17H15F2N3O4S/c18-12-3-1-4-13(19)15(12)27(23,24)22-8-6-11(7-9-22)16-20-21-17(26-16)14-5-2-10-25-14/h1-5,10-11H,6-9H2. The fourth-order valence-corrected chi connectivity index (χ4v) is 4.68. The van der Waals surface area contributed by atoms with Crippen LogP contribution in [0.3, 0.4) is 0 Å². The number of nitrogens with zero attached hydrogens (tertiary/aromatic N) is 3. The Balaban J connectivity index is 1.49. The number of benzene rings is 1. The van der Waals surface area contributed by atoms with Gasteiger partial charge < -0.3 is 8.83 Å². The Kier molecular flexibility index (Phi) is 4.52. The van der Waals surface area contributed by atoms with E-state index in [-0.39, 0.29) is 24.9 Å². The molecule has 10 heteroatoms. The van der Waals surface area contributed by atoms with E-state index < -0.39 is 26.6 Å². The first-order valence-corrected chi connectivity index (χ1v) is 9.72. The van der Waals surface area contributed by atoms with Crippen molar-refractivity contribution < 1.29 is 26.0 Å². The molecule has 0 aliphatic carbocycles. The molecule has 1 aromatic carbocycles. The van der Waals surface area contributed by atoms with E-state index in [1.165, 1.54) is 6.26 Å². The molecule has 3 aromatic rings. The van der Waals surface area contributed by atoms with Crippen molar-refractivity contribution in [3.8, 4) is 11.7 Å². The summed E-state index contributed by atoms with van der Waals surface area (Å²) < 4.78 is 64.9. The van der Waals surface area contributed by atoms with E-state index in [9.17, 15) is 17.2 Å². The van der Waals surface area contributed by atoms with Crippen molar-refractivity contribution in [2.45, 2.75) is 23.7 Å². The van der Waals surface area contributed by atoms with Crippen molar-refractivity contribution in [1.82, 2.24) is 14.5 Å². The molecule has 1 saturated heterocycles. The molecule has 0 amide bonds. The van der Waals surface area contributed by atoms with E-state index in [4.69, 9.17) is 8.83 Å². The van der Waals surface area contributed by atoms with Gasteiger partial charge in [0.1, 0.15) is 11.6 Å². The molecule has 3 heterocycles. The van der Waals surface area contributed by atoms with Gasteiger partial charge in [-0.2, -0.15) is 4.31 Å². The molecule has 7 nitrogen and oxygen atoms in total. The maximum atomic E-state index is 13.9. The minimum atomic E-state index is -4.26. The third kappa shape index (κ3) is 3.26.